The number of nitro groups is 1. The van der Waals surface area contributed by atoms with Crippen molar-refractivity contribution in [3.8, 4) is 0 Å². The molecule has 0 fully saturated rings. The van der Waals surface area contributed by atoms with E-state index >= 15 is 0 Å². The minimum atomic E-state index is -0.516. The molecule has 7 heteroatoms. The zero-order chi connectivity index (χ0) is 13.9. The summed E-state index contributed by atoms with van der Waals surface area (Å²) < 4.78 is 1.54. The Labute approximate surface area is 113 Å². The maximum absolute atomic E-state index is 11.8. The van der Waals surface area contributed by atoms with E-state index in [2.05, 4.69) is 21.2 Å². The molecule has 0 saturated carbocycles. The largest absolute Gasteiger partial charge is 0.310 e. The summed E-state index contributed by atoms with van der Waals surface area (Å²) in [6.07, 6.45) is 1.26. The van der Waals surface area contributed by atoms with Crippen LogP contribution in [0.3, 0.4) is 0 Å². The summed E-state index contributed by atoms with van der Waals surface area (Å²) in [4.78, 5) is 22.0. The maximum Gasteiger partial charge on any atom is 0.286 e. The van der Waals surface area contributed by atoms with Gasteiger partial charge in [0.25, 0.3) is 11.2 Å². The molecule has 0 aliphatic heterocycles. The minimum Gasteiger partial charge on any atom is -0.310 e. The number of aromatic nitrogens is 1. The van der Waals surface area contributed by atoms with Crippen molar-refractivity contribution >= 4 is 21.6 Å². The van der Waals surface area contributed by atoms with Crippen molar-refractivity contribution in [3.63, 3.8) is 0 Å². The van der Waals surface area contributed by atoms with E-state index in [1.165, 1.54) is 16.8 Å². The number of pyridine rings is 1. The first-order valence-electron chi connectivity index (χ1n) is 5.50. The van der Waals surface area contributed by atoms with Gasteiger partial charge in [0.15, 0.2) is 0 Å². The van der Waals surface area contributed by atoms with Gasteiger partial charge in [0.05, 0.1) is 15.6 Å². The molecule has 0 aliphatic carbocycles. The highest BCUT2D eigenvalue weighted by Gasteiger charge is 2.13. The van der Waals surface area contributed by atoms with Gasteiger partial charge in [0, 0.05) is 24.7 Å². The van der Waals surface area contributed by atoms with E-state index < -0.39 is 4.92 Å². The van der Waals surface area contributed by atoms with Crippen LogP contribution in [0, 0.1) is 10.1 Å². The van der Waals surface area contributed by atoms with Gasteiger partial charge in [-0.05, 0) is 36.7 Å². The molecule has 0 saturated heterocycles. The zero-order valence-corrected chi connectivity index (χ0v) is 12.2. The summed E-state index contributed by atoms with van der Waals surface area (Å²) in [6.45, 7) is 6.99. The third-order valence-corrected chi connectivity index (χ3v) is 2.81. The van der Waals surface area contributed by atoms with Crippen molar-refractivity contribution in [2.75, 3.05) is 6.54 Å². The molecule has 6 nitrogen and oxygen atoms in total. The second-order valence-corrected chi connectivity index (χ2v) is 5.83. The predicted molar refractivity (Wildman–Crippen MR) is 72.8 cm³/mol. The Bertz CT molecular complexity index is 505. The van der Waals surface area contributed by atoms with Crippen LogP contribution in [0.15, 0.2) is 21.5 Å². The summed E-state index contributed by atoms with van der Waals surface area (Å²) in [6, 6.07) is 1.22. The van der Waals surface area contributed by atoms with Crippen LogP contribution >= 0.6 is 15.9 Å². The second-order valence-electron chi connectivity index (χ2n) is 4.98. The zero-order valence-electron chi connectivity index (χ0n) is 10.6. The number of rotatable bonds is 4. The summed E-state index contributed by atoms with van der Waals surface area (Å²) in [5.74, 6) is 0. The quantitative estimate of drug-likeness (QED) is 0.679. The average Bonchev–Trinajstić information content (AvgIpc) is 2.21. The Morgan fingerprint density at radius 1 is 1.50 bits per heavy atom. The minimum absolute atomic E-state index is 0.0540. The SMILES string of the molecule is CC(C)(C)NCCn1cc([N+](=O)[O-])cc(Br)c1=O. The molecule has 1 aromatic heterocycles. The van der Waals surface area contributed by atoms with Gasteiger partial charge in [-0.3, -0.25) is 14.9 Å². The normalized spacial score (nSPS) is 11.6. The molecule has 0 bridgehead atoms. The van der Waals surface area contributed by atoms with Crippen LogP contribution in [-0.2, 0) is 6.54 Å². The molecule has 0 spiro atoms. The molecule has 18 heavy (non-hydrogen) atoms. The molecule has 0 aliphatic rings. The van der Waals surface area contributed by atoms with Crippen molar-refractivity contribution in [1.29, 1.82) is 0 Å². The van der Waals surface area contributed by atoms with Crippen LogP contribution in [0.1, 0.15) is 20.8 Å². The van der Waals surface area contributed by atoms with Crippen molar-refractivity contribution in [2.24, 2.45) is 0 Å². The molecule has 1 rings (SSSR count). The van der Waals surface area contributed by atoms with Crippen molar-refractivity contribution < 1.29 is 4.92 Å². The van der Waals surface area contributed by atoms with Gasteiger partial charge >= 0.3 is 0 Å². The number of nitrogens with one attached hydrogen (secondary N) is 1. The van der Waals surface area contributed by atoms with E-state index in [0.717, 1.165) is 0 Å². The highest BCUT2D eigenvalue weighted by Crippen LogP contribution is 2.13. The first-order chi connectivity index (χ1) is 8.20. The number of hydrogen-bond acceptors (Lipinski definition) is 4. The molecule has 100 valence electrons. The lowest BCUT2D eigenvalue weighted by atomic mass is 10.1. The van der Waals surface area contributed by atoms with Gasteiger partial charge in [-0.2, -0.15) is 0 Å². The van der Waals surface area contributed by atoms with Gasteiger partial charge in [0.2, 0.25) is 0 Å². The van der Waals surface area contributed by atoms with Crippen LogP contribution in [0.4, 0.5) is 5.69 Å². The monoisotopic (exact) mass is 317 g/mol. The molecule has 1 aromatic rings. The van der Waals surface area contributed by atoms with Crippen molar-refractivity contribution in [3.05, 3.63) is 37.2 Å². The fraction of sp³-hybridized carbons (Fsp3) is 0.545. The van der Waals surface area contributed by atoms with E-state index in [4.69, 9.17) is 0 Å². The molecule has 0 aromatic carbocycles. The van der Waals surface area contributed by atoms with Gasteiger partial charge in [-0.25, -0.2) is 0 Å². The molecule has 1 N–H and O–H groups in total. The van der Waals surface area contributed by atoms with E-state index in [0.29, 0.717) is 13.1 Å². The third kappa shape index (κ3) is 4.23. The van der Waals surface area contributed by atoms with E-state index in [-0.39, 0.29) is 21.3 Å². The maximum atomic E-state index is 11.8. The fourth-order valence-electron chi connectivity index (χ4n) is 1.40. The number of halogens is 1. The van der Waals surface area contributed by atoms with E-state index in [1.54, 1.807) is 0 Å². The lowest BCUT2D eigenvalue weighted by Crippen LogP contribution is -2.39. The first-order valence-corrected chi connectivity index (χ1v) is 6.29. The van der Waals surface area contributed by atoms with E-state index in [1.807, 2.05) is 20.8 Å². The highest BCUT2D eigenvalue weighted by atomic mass is 79.9. The van der Waals surface area contributed by atoms with Gasteiger partial charge in [0.1, 0.15) is 0 Å². The standard InChI is InChI=1S/C11H16BrN3O3/c1-11(2,3)13-4-5-14-7-8(15(17)18)6-9(12)10(14)16/h6-7,13H,4-5H2,1-3H3. The van der Waals surface area contributed by atoms with Gasteiger partial charge in [-0.15, -0.1) is 0 Å². The van der Waals surface area contributed by atoms with Crippen LogP contribution in [0.2, 0.25) is 0 Å². The first kappa shape index (κ1) is 14.8. The molecular weight excluding hydrogens is 302 g/mol. The Balaban J connectivity index is 2.88. The summed E-state index contributed by atoms with van der Waals surface area (Å²) >= 11 is 3.04. The smallest absolute Gasteiger partial charge is 0.286 e. The van der Waals surface area contributed by atoms with Crippen LogP contribution in [0.5, 0.6) is 0 Å². The van der Waals surface area contributed by atoms with Crippen LogP contribution in [0.25, 0.3) is 0 Å². The van der Waals surface area contributed by atoms with Gasteiger partial charge in [-0.1, -0.05) is 0 Å². The lowest BCUT2D eigenvalue weighted by molar-refractivity contribution is -0.385. The third-order valence-electron chi connectivity index (χ3n) is 2.25. The predicted octanol–water partition coefficient (Wildman–Crippen LogP) is 1.91. The van der Waals surface area contributed by atoms with Crippen LogP contribution < -0.4 is 10.9 Å². The molecular formula is C11H16BrN3O3. The second kappa shape index (κ2) is 5.62. The van der Waals surface area contributed by atoms with E-state index in [9.17, 15) is 14.9 Å². The highest BCUT2D eigenvalue weighted by molar-refractivity contribution is 9.10. The molecule has 1 heterocycles. The van der Waals surface area contributed by atoms with Crippen LogP contribution in [-0.4, -0.2) is 21.6 Å². The molecule has 0 radical (unpaired) electrons. The summed E-state index contributed by atoms with van der Waals surface area (Å²) in [5.41, 5.74) is -0.421. The Morgan fingerprint density at radius 2 is 2.11 bits per heavy atom. The lowest BCUT2D eigenvalue weighted by Gasteiger charge is -2.20. The van der Waals surface area contributed by atoms with Crippen molar-refractivity contribution in [2.45, 2.75) is 32.9 Å². The molecule has 0 atom stereocenters. The topological polar surface area (TPSA) is 77.2 Å². The van der Waals surface area contributed by atoms with Crippen molar-refractivity contribution in [1.82, 2.24) is 9.88 Å². The molecule has 0 unspecified atom stereocenters. The number of hydrogen-bond donors (Lipinski definition) is 1. The number of nitrogens with zero attached hydrogens (tertiary/aromatic N) is 2. The Hall–Kier alpha value is -1.21. The molecule has 0 amide bonds. The summed E-state index contributed by atoms with van der Waals surface area (Å²) in [5, 5.41) is 13.9. The average molecular weight is 318 g/mol. The van der Waals surface area contributed by atoms with Gasteiger partial charge < -0.3 is 9.88 Å². The Morgan fingerprint density at radius 3 is 2.61 bits per heavy atom. The summed E-state index contributed by atoms with van der Waals surface area (Å²) in [7, 11) is 0. The Kier molecular flexibility index (Phi) is 4.64. The fourth-order valence-corrected chi connectivity index (χ4v) is 1.86.